The van der Waals surface area contributed by atoms with Crippen LogP contribution in [0.25, 0.3) is 11.0 Å². The Bertz CT molecular complexity index is 1290. The van der Waals surface area contributed by atoms with Crippen LogP contribution in [0, 0.1) is 13.8 Å². The van der Waals surface area contributed by atoms with Gasteiger partial charge in [-0.25, -0.2) is 9.59 Å². The first-order valence-corrected chi connectivity index (χ1v) is 11.9. The maximum Gasteiger partial charge on any atom is 0.449 e. The predicted molar refractivity (Wildman–Crippen MR) is 128 cm³/mol. The molecule has 2 aromatic heterocycles. The molecular weight excluding hydrogens is 476 g/mol. The number of nitrogens with zero attached hydrogens (tertiary/aromatic N) is 4. The number of oxime groups is 1. The Morgan fingerprint density at radius 1 is 1.20 bits per heavy atom. The van der Waals surface area contributed by atoms with Gasteiger partial charge in [0, 0.05) is 34.6 Å². The number of fused-ring (bicyclic) bond motifs is 1. The zero-order chi connectivity index (χ0) is 25.7. The smallest absolute Gasteiger partial charge is 0.449 e. The number of hydrogen-bond acceptors (Lipinski definition) is 10. The molecule has 0 saturated heterocycles. The van der Waals surface area contributed by atoms with Gasteiger partial charge in [-0.15, -0.1) is 0 Å². The Morgan fingerprint density at radius 2 is 1.94 bits per heavy atom. The average molecular weight is 503 g/mol. The van der Waals surface area contributed by atoms with Crippen molar-refractivity contribution < 1.29 is 33.2 Å². The van der Waals surface area contributed by atoms with Crippen molar-refractivity contribution >= 4 is 40.0 Å². The fourth-order valence-corrected chi connectivity index (χ4v) is 4.57. The molecule has 0 bridgehead atoms. The van der Waals surface area contributed by atoms with Crippen LogP contribution in [-0.2, 0) is 31.3 Å². The second kappa shape index (κ2) is 11.2. The highest BCUT2D eigenvalue weighted by atomic mass is 32.2. The van der Waals surface area contributed by atoms with Crippen LogP contribution >= 0.6 is 0 Å². The molecule has 1 aromatic carbocycles. The molecule has 0 aliphatic carbocycles. The van der Waals surface area contributed by atoms with Crippen LogP contribution in [0.1, 0.15) is 30.7 Å². The van der Waals surface area contributed by atoms with Crippen molar-refractivity contribution in [2.75, 3.05) is 20.8 Å². The zero-order valence-electron chi connectivity index (χ0n) is 20.3. The maximum atomic E-state index is 13.4. The number of imidazole rings is 1. The summed E-state index contributed by atoms with van der Waals surface area (Å²) < 4.78 is 30.0. The fourth-order valence-electron chi connectivity index (χ4n) is 3.32. The molecule has 0 aliphatic heterocycles. The number of hydrogen-bond donors (Lipinski definition) is 0. The number of rotatable bonds is 8. The van der Waals surface area contributed by atoms with Crippen LogP contribution in [0.4, 0.5) is 4.79 Å². The molecule has 1 unspecified atom stereocenters. The van der Waals surface area contributed by atoms with Crippen LogP contribution in [0.3, 0.4) is 0 Å². The van der Waals surface area contributed by atoms with E-state index in [2.05, 4.69) is 15.1 Å². The van der Waals surface area contributed by atoms with Crippen molar-refractivity contribution in [3.05, 3.63) is 41.2 Å². The molecule has 1 atom stereocenters. The third-order valence-corrected chi connectivity index (χ3v) is 6.28. The second-order valence-corrected chi connectivity index (χ2v) is 8.72. The number of aromatic nitrogens is 3. The first-order valence-electron chi connectivity index (χ1n) is 10.6. The van der Waals surface area contributed by atoms with Crippen molar-refractivity contribution in [3.63, 3.8) is 0 Å². The molecule has 0 saturated carbocycles. The minimum atomic E-state index is -1.81. The van der Waals surface area contributed by atoms with Gasteiger partial charge >= 0.3 is 17.2 Å². The lowest BCUT2D eigenvalue weighted by molar-refractivity contribution is -0.135. The minimum Gasteiger partial charge on any atom is -0.609 e. The van der Waals surface area contributed by atoms with E-state index < -0.39 is 23.2 Å². The summed E-state index contributed by atoms with van der Waals surface area (Å²) in [5.74, 6) is 0.402. The van der Waals surface area contributed by atoms with Gasteiger partial charge in [0.25, 0.3) is 0 Å². The molecule has 0 amide bonds. The van der Waals surface area contributed by atoms with E-state index in [0.717, 1.165) is 15.7 Å². The number of methoxy groups -OCH3 is 2. The summed E-state index contributed by atoms with van der Waals surface area (Å²) in [5.41, 5.74) is 2.66. The lowest BCUT2D eigenvalue weighted by Crippen LogP contribution is -2.21. The van der Waals surface area contributed by atoms with Crippen LogP contribution in [-0.4, -0.2) is 57.7 Å². The maximum absolute atomic E-state index is 13.4. The molecule has 11 nitrogen and oxygen atoms in total. The van der Waals surface area contributed by atoms with Gasteiger partial charge in [-0.2, -0.15) is 9.55 Å². The third-order valence-electron chi connectivity index (χ3n) is 5.07. The van der Waals surface area contributed by atoms with E-state index in [9.17, 15) is 14.1 Å². The zero-order valence-corrected chi connectivity index (χ0v) is 21.1. The topological polar surface area (TPSA) is 137 Å². The first-order chi connectivity index (χ1) is 16.7. The van der Waals surface area contributed by atoms with Gasteiger partial charge in [-0.3, -0.25) is 9.82 Å². The van der Waals surface area contributed by atoms with Crippen molar-refractivity contribution in [3.8, 4) is 11.5 Å². The number of benzene rings is 1. The van der Waals surface area contributed by atoms with Gasteiger partial charge in [-0.05, 0) is 39.8 Å². The summed E-state index contributed by atoms with van der Waals surface area (Å²) in [4.78, 5) is 38.5. The van der Waals surface area contributed by atoms with E-state index in [4.69, 9.17) is 19.0 Å². The van der Waals surface area contributed by atoms with E-state index in [1.54, 1.807) is 38.4 Å². The minimum absolute atomic E-state index is 0.0265. The molecule has 0 spiro atoms. The van der Waals surface area contributed by atoms with Crippen LogP contribution in [0.2, 0.25) is 0 Å². The Kier molecular flexibility index (Phi) is 8.30. The third kappa shape index (κ3) is 5.54. The van der Waals surface area contributed by atoms with E-state index in [0.29, 0.717) is 28.2 Å². The number of esters is 1. The lowest BCUT2D eigenvalue weighted by atomic mass is 10.1. The SMILES string of the molecule is CCOC(=O)/C(C)=N/OC(=O)n1c([S+]([O-])Cc2ncc(C)c(OC)c2C)nc2cc(OC)ccc21. The van der Waals surface area contributed by atoms with Gasteiger partial charge < -0.3 is 18.8 Å². The van der Waals surface area contributed by atoms with Crippen LogP contribution in [0.5, 0.6) is 11.5 Å². The molecule has 3 aromatic rings. The fraction of sp³-hybridized carbons (Fsp3) is 0.348. The highest BCUT2D eigenvalue weighted by molar-refractivity contribution is 7.90. The number of carbonyl (C=O) groups is 2. The molecule has 0 N–H and O–H groups in total. The highest BCUT2D eigenvalue weighted by Crippen LogP contribution is 2.29. The van der Waals surface area contributed by atoms with Gasteiger partial charge in [0.2, 0.25) is 0 Å². The van der Waals surface area contributed by atoms with Gasteiger partial charge in [0.05, 0.1) is 37.6 Å². The molecule has 0 fully saturated rings. The Morgan fingerprint density at radius 3 is 2.60 bits per heavy atom. The normalized spacial score (nSPS) is 12.4. The molecule has 2 heterocycles. The predicted octanol–water partition coefficient (Wildman–Crippen LogP) is 3.30. The number of carbonyl (C=O) groups excluding carboxylic acids is 2. The van der Waals surface area contributed by atoms with Gasteiger partial charge in [0.15, 0.2) is 11.5 Å². The summed E-state index contributed by atoms with van der Waals surface area (Å²) in [7, 11) is 3.05. The summed E-state index contributed by atoms with van der Waals surface area (Å²) in [6.07, 6.45) is 0.642. The van der Waals surface area contributed by atoms with E-state index in [1.165, 1.54) is 14.0 Å². The number of ether oxygens (including phenoxy) is 3. The van der Waals surface area contributed by atoms with Crippen LogP contribution < -0.4 is 9.47 Å². The monoisotopic (exact) mass is 502 g/mol. The summed E-state index contributed by atoms with van der Waals surface area (Å²) >= 11 is -1.81. The molecule has 0 aliphatic rings. The van der Waals surface area contributed by atoms with Gasteiger partial charge in [0.1, 0.15) is 11.5 Å². The summed E-state index contributed by atoms with van der Waals surface area (Å²) in [5, 5.41) is 3.49. The first kappa shape index (κ1) is 26.0. The Labute approximate surface area is 205 Å². The molecule has 0 radical (unpaired) electrons. The molecule has 3 rings (SSSR count). The average Bonchev–Trinajstić information content (AvgIpc) is 3.23. The second-order valence-electron chi connectivity index (χ2n) is 7.37. The van der Waals surface area contributed by atoms with Crippen molar-refractivity contribution in [2.24, 2.45) is 5.16 Å². The van der Waals surface area contributed by atoms with E-state index in [-0.39, 0.29) is 23.2 Å². The lowest BCUT2D eigenvalue weighted by Gasteiger charge is -2.14. The largest absolute Gasteiger partial charge is 0.609 e. The Balaban J connectivity index is 2.01. The van der Waals surface area contributed by atoms with Crippen molar-refractivity contribution in [2.45, 2.75) is 38.6 Å². The van der Waals surface area contributed by atoms with E-state index in [1.807, 2.05) is 13.8 Å². The van der Waals surface area contributed by atoms with E-state index >= 15 is 0 Å². The van der Waals surface area contributed by atoms with Gasteiger partial charge in [-0.1, -0.05) is 5.16 Å². The number of aryl methyl sites for hydroxylation is 1. The standard InChI is InChI=1S/C23H26N4O7S/c1-7-33-21(28)15(4)26-34-23(29)27-19-9-8-16(31-5)10-17(19)25-22(27)35(30)12-18-14(3)20(32-6)13(2)11-24-18/h8-11H,7,12H2,1-6H3/b26-15+. The van der Waals surface area contributed by atoms with Crippen LogP contribution in [0.15, 0.2) is 34.7 Å². The van der Waals surface area contributed by atoms with Crippen molar-refractivity contribution in [1.29, 1.82) is 0 Å². The highest BCUT2D eigenvalue weighted by Gasteiger charge is 2.29. The quantitative estimate of drug-likeness (QED) is 0.149. The molecule has 35 heavy (non-hydrogen) atoms. The molecular formula is C23H26N4O7S. The van der Waals surface area contributed by atoms with Crippen molar-refractivity contribution in [1.82, 2.24) is 14.5 Å². The Hall–Kier alpha value is -3.64. The molecule has 186 valence electrons. The number of pyridine rings is 1. The summed E-state index contributed by atoms with van der Waals surface area (Å²) in [6, 6.07) is 4.82. The molecule has 12 heteroatoms. The summed E-state index contributed by atoms with van der Waals surface area (Å²) in [6.45, 7) is 6.82.